The van der Waals surface area contributed by atoms with Gasteiger partial charge in [-0.25, -0.2) is 0 Å². The second kappa shape index (κ2) is 2.71. The molecular formula is C10H16BrN. The predicted molar refractivity (Wildman–Crippen MR) is 52.9 cm³/mol. The van der Waals surface area contributed by atoms with Crippen molar-refractivity contribution >= 4 is 16.1 Å². The maximum atomic E-state index is 3.45. The molecule has 0 aromatic heterocycles. The van der Waals surface area contributed by atoms with Crippen LogP contribution in [0.15, 0.2) is 0 Å². The molecule has 4 saturated carbocycles. The zero-order chi connectivity index (χ0) is 8.13. The van der Waals surface area contributed by atoms with Crippen LogP contribution in [0.25, 0.3) is 0 Å². The standard InChI is InChI=1S/C10H16BrN/c11-12-10-8-2-6-1-7(4-8)5-9(10)3-6/h6-10,12H,1-5H2. The SMILES string of the molecule is BrNC1C2CC3CC(C2)CC1C3. The molecule has 0 unspecified atom stereocenters. The van der Waals surface area contributed by atoms with Crippen molar-refractivity contribution in [3.05, 3.63) is 0 Å². The Kier molecular flexibility index (Phi) is 1.76. The Morgan fingerprint density at radius 1 is 0.833 bits per heavy atom. The van der Waals surface area contributed by atoms with Gasteiger partial charge in [-0.1, -0.05) is 0 Å². The highest BCUT2D eigenvalue weighted by atomic mass is 79.9. The Bertz CT molecular complexity index is 164. The molecule has 0 aliphatic heterocycles. The van der Waals surface area contributed by atoms with Crippen LogP contribution in [0.4, 0.5) is 0 Å². The Morgan fingerprint density at radius 3 is 1.75 bits per heavy atom. The van der Waals surface area contributed by atoms with Crippen LogP contribution in [0, 0.1) is 23.7 Å². The number of rotatable bonds is 1. The van der Waals surface area contributed by atoms with Crippen LogP contribution in [0.5, 0.6) is 0 Å². The minimum Gasteiger partial charge on any atom is -0.252 e. The summed E-state index contributed by atoms with van der Waals surface area (Å²) >= 11 is 3.45. The van der Waals surface area contributed by atoms with Crippen LogP contribution in [0.3, 0.4) is 0 Å². The van der Waals surface area contributed by atoms with Gasteiger partial charge in [0.15, 0.2) is 0 Å². The van der Waals surface area contributed by atoms with E-state index in [4.69, 9.17) is 0 Å². The molecule has 0 amide bonds. The average Bonchev–Trinajstić information content (AvgIpc) is 2.02. The maximum Gasteiger partial charge on any atom is 0.0231 e. The third kappa shape index (κ3) is 1.00. The first-order valence-corrected chi connectivity index (χ1v) is 6.02. The summed E-state index contributed by atoms with van der Waals surface area (Å²) in [5, 5.41) is 0. The van der Waals surface area contributed by atoms with Gasteiger partial charge in [0.25, 0.3) is 0 Å². The zero-order valence-corrected chi connectivity index (χ0v) is 8.89. The van der Waals surface area contributed by atoms with Crippen LogP contribution in [-0.4, -0.2) is 6.04 Å². The largest absolute Gasteiger partial charge is 0.252 e. The summed E-state index contributed by atoms with van der Waals surface area (Å²) in [7, 11) is 0. The molecule has 1 N–H and O–H groups in total. The van der Waals surface area contributed by atoms with Crippen molar-refractivity contribution < 1.29 is 0 Å². The molecule has 0 heterocycles. The molecule has 0 aromatic rings. The first-order valence-electron chi connectivity index (χ1n) is 5.23. The van der Waals surface area contributed by atoms with Gasteiger partial charge >= 0.3 is 0 Å². The van der Waals surface area contributed by atoms with Crippen molar-refractivity contribution in [2.24, 2.45) is 23.7 Å². The normalized spacial score (nSPS) is 56.2. The Balaban J connectivity index is 1.86. The molecule has 68 valence electrons. The molecule has 0 atom stereocenters. The lowest BCUT2D eigenvalue weighted by Crippen LogP contribution is -2.52. The van der Waals surface area contributed by atoms with Crippen molar-refractivity contribution in [2.75, 3.05) is 0 Å². The van der Waals surface area contributed by atoms with Crippen molar-refractivity contribution in [3.8, 4) is 0 Å². The molecule has 2 heteroatoms. The van der Waals surface area contributed by atoms with E-state index in [-0.39, 0.29) is 0 Å². The van der Waals surface area contributed by atoms with Gasteiger partial charge in [-0.15, -0.1) is 0 Å². The van der Waals surface area contributed by atoms with Gasteiger partial charge in [-0.05, 0) is 55.8 Å². The van der Waals surface area contributed by atoms with Crippen LogP contribution in [0.1, 0.15) is 32.1 Å². The maximum absolute atomic E-state index is 3.45. The van der Waals surface area contributed by atoms with E-state index in [9.17, 15) is 0 Å². The Morgan fingerprint density at radius 2 is 1.33 bits per heavy atom. The minimum atomic E-state index is 0.804. The molecule has 0 radical (unpaired) electrons. The number of nitrogens with one attached hydrogen (secondary N) is 1. The molecule has 12 heavy (non-hydrogen) atoms. The summed E-state index contributed by atoms with van der Waals surface area (Å²) < 4.78 is 3.36. The minimum absolute atomic E-state index is 0.804. The van der Waals surface area contributed by atoms with E-state index < -0.39 is 0 Å². The summed E-state index contributed by atoms with van der Waals surface area (Å²) in [5.41, 5.74) is 0. The van der Waals surface area contributed by atoms with Gasteiger partial charge in [0.1, 0.15) is 0 Å². The Labute approximate surface area is 82.6 Å². The topological polar surface area (TPSA) is 12.0 Å². The average molecular weight is 230 g/mol. The quantitative estimate of drug-likeness (QED) is 0.683. The van der Waals surface area contributed by atoms with Crippen molar-refractivity contribution in [1.82, 2.24) is 4.34 Å². The first-order chi connectivity index (χ1) is 5.86. The summed E-state index contributed by atoms with van der Waals surface area (Å²) in [4.78, 5) is 0. The third-order valence-corrected chi connectivity index (χ3v) is 4.88. The van der Waals surface area contributed by atoms with E-state index >= 15 is 0 Å². The summed E-state index contributed by atoms with van der Waals surface area (Å²) in [6, 6.07) is 0.804. The molecular weight excluding hydrogens is 214 g/mol. The van der Waals surface area contributed by atoms with Gasteiger partial charge in [0.05, 0.1) is 0 Å². The first kappa shape index (κ1) is 7.81. The molecule has 4 aliphatic rings. The molecule has 0 spiro atoms. The van der Waals surface area contributed by atoms with E-state index in [2.05, 4.69) is 20.5 Å². The van der Waals surface area contributed by atoms with E-state index in [0.29, 0.717) is 0 Å². The highest BCUT2D eigenvalue weighted by Crippen LogP contribution is 2.53. The van der Waals surface area contributed by atoms with Crippen LogP contribution in [0.2, 0.25) is 0 Å². The number of hydrogen-bond acceptors (Lipinski definition) is 1. The van der Waals surface area contributed by atoms with Gasteiger partial charge in [-0.3, -0.25) is 4.34 Å². The van der Waals surface area contributed by atoms with Crippen LogP contribution >= 0.6 is 16.1 Å². The monoisotopic (exact) mass is 229 g/mol. The second-order valence-electron chi connectivity index (χ2n) is 5.07. The fraction of sp³-hybridized carbons (Fsp3) is 1.00. The van der Waals surface area contributed by atoms with E-state index in [1.807, 2.05) is 0 Å². The van der Waals surface area contributed by atoms with Gasteiger partial charge in [0.2, 0.25) is 0 Å². The smallest absolute Gasteiger partial charge is 0.0231 e. The van der Waals surface area contributed by atoms with E-state index in [1.54, 1.807) is 6.42 Å². The number of hydrogen-bond donors (Lipinski definition) is 1. The molecule has 4 rings (SSSR count). The van der Waals surface area contributed by atoms with Crippen LogP contribution in [-0.2, 0) is 0 Å². The summed E-state index contributed by atoms with van der Waals surface area (Å²) in [6.45, 7) is 0. The van der Waals surface area contributed by atoms with E-state index in [0.717, 1.165) is 29.7 Å². The van der Waals surface area contributed by atoms with Gasteiger partial charge < -0.3 is 0 Å². The molecule has 4 aliphatic carbocycles. The fourth-order valence-corrected chi connectivity index (χ4v) is 4.85. The molecule has 0 aromatic carbocycles. The van der Waals surface area contributed by atoms with E-state index in [1.165, 1.54) is 25.7 Å². The highest BCUT2D eigenvalue weighted by molar-refractivity contribution is 9.08. The predicted octanol–water partition coefficient (Wildman–Crippen LogP) is 2.71. The lowest BCUT2D eigenvalue weighted by molar-refractivity contribution is -0.00395. The zero-order valence-electron chi connectivity index (χ0n) is 7.30. The second-order valence-corrected chi connectivity index (χ2v) is 5.52. The molecule has 1 nitrogen and oxygen atoms in total. The van der Waals surface area contributed by atoms with Gasteiger partial charge in [-0.2, -0.15) is 0 Å². The molecule has 4 bridgehead atoms. The van der Waals surface area contributed by atoms with Gasteiger partial charge in [0, 0.05) is 22.2 Å². The summed E-state index contributed by atoms with van der Waals surface area (Å²) in [5.74, 6) is 4.20. The summed E-state index contributed by atoms with van der Waals surface area (Å²) in [6.07, 6.45) is 7.60. The Hall–Kier alpha value is 0.440. The van der Waals surface area contributed by atoms with Crippen molar-refractivity contribution in [1.29, 1.82) is 0 Å². The van der Waals surface area contributed by atoms with Crippen molar-refractivity contribution in [3.63, 3.8) is 0 Å². The number of halogens is 1. The highest BCUT2D eigenvalue weighted by Gasteiger charge is 2.47. The fourth-order valence-electron chi connectivity index (χ4n) is 4.10. The lowest BCUT2D eigenvalue weighted by Gasteiger charge is -2.54. The third-order valence-electron chi connectivity index (χ3n) is 4.35. The van der Waals surface area contributed by atoms with Crippen molar-refractivity contribution in [2.45, 2.75) is 38.1 Å². The lowest BCUT2D eigenvalue weighted by atomic mass is 9.54. The molecule has 0 saturated heterocycles. The molecule has 4 fully saturated rings. The van der Waals surface area contributed by atoms with Crippen LogP contribution < -0.4 is 4.34 Å².